The number of aliphatic hydroxyl groups excluding tert-OH is 1. The third kappa shape index (κ3) is 7.34. The summed E-state index contributed by atoms with van der Waals surface area (Å²) in [6, 6.07) is 0. The van der Waals surface area contributed by atoms with Crippen LogP contribution in [-0.2, 0) is 9.53 Å². The van der Waals surface area contributed by atoms with Gasteiger partial charge >= 0.3 is 0 Å². The van der Waals surface area contributed by atoms with Crippen molar-refractivity contribution in [1.29, 1.82) is 0 Å². The molecule has 0 aliphatic heterocycles. The molecule has 0 radical (unpaired) electrons. The number of carbonyl (C=O) groups is 1. The van der Waals surface area contributed by atoms with Crippen LogP contribution < -0.4 is 5.32 Å². The van der Waals surface area contributed by atoms with Crippen LogP contribution in [0.3, 0.4) is 0 Å². The maximum atomic E-state index is 11.9. The Balaban J connectivity index is 3.92. The molecule has 1 unspecified atom stereocenters. The fraction of sp³-hybridized carbons (Fsp3) is 0.923. The monoisotopic (exact) mass is 245 g/mol. The highest BCUT2D eigenvalue weighted by Gasteiger charge is 2.28. The number of rotatable bonds is 8. The summed E-state index contributed by atoms with van der Waals surface area (Å²) in [5, 5.41) is 12.3. The Labute approximate surface area is 105 Å². The average molecular weight is 245 g/mol. The molecule has 102 valence electrons. The molecular weight excluding hydrogens is 218 g/mol. The second-order valence-electron chi connectivity index (χ2n) is 5.64. The van der Waals surface area contributed by atoms with Gasteiger partial charge in [0.2, 0.25) is 5.91 Å². The van der Waals surface area contributed by atoms with Crippen molar-refractivity contribution in [2.24, 2.45) is 11.3 Å². The van der Waals surface area contributed by atoms with Crippen LogP contribution in [0.15, 0.2) is 0 Å². The van der Waals surface area contributed by atoms with E-state index in [0.29, 0.717) is 25.5 Å². The smallest absolute Gasteiger partial charge is 0.225 e. The summed E-state index contributed by atoms with van der Waals surface area (Å²) >= 11 is 0. The average Bonchev–Trinajstić information content (AvgIpc) is 2.15. The lowest BCUT2D eigenvalue weighted by Crippen LogP contribution is -2.39. The summed E-state index contributed by atoms with van der Waals surface area (Å²) in [4.78, 5) is 11.9. The van der Waals surface area contributed by atoms with Gasteiger partial charge in [-0.05, 0) is 18.8 Å². The summed E-state index contributed by atoms with van der Waals surface area (Å²) < 4.78 is 4.82. The van der Waals surface area contributed by atoms with Gasteiger partial charge in [0, 0.05) is 19.1 Å². The molecule has 4 nitrogen and oxygen atoms in total. The number of hydrogen-bond acceptors (Lipinski definition) is 3. The fourth-order valence-electron chi connectivity index (χ4n) is 1.98. The van der Waals surface area contributed by atoms with Crippen LogP contribution in [0.25, 0.3) is 0 Å². The molecule has 1 amide bonds. The first kappa shape index (κ1) is 16.4. The summed E-state index contributed by atoms with van der Waals surface area (Å²) in [6.07, 6.45) is 0.880. The number of ether oxygens (including phenoxy) is 1. The Morgan fingerprint density at radius 3 is 2.47 bits per heavy atom. The normalized spacial score (nSPS) is 13.8. The zero-order valence-electron chi connectivity index (χ0n) is 11.7. The van der Waals surface area contributed by atoms with Crippen molar-refractivity contribution in [1.82, 2.24) is 5.32 Å². The Morgan fingerprint density at radius 1 is 1.41 bits per heavy atom. The summed E-state index contributed by atoms with van der Waals surface area (Å²) in [7, 11) is 1.55. The SMILES string of the molecule is COCC(O)CCNC(=O)C(C)(C)CC(C)C. The predicted molar refractivity (Wildman–Crippen MR) is 68.7 cm³/mol. The van der Waals surface area contributed by atoms with Gasteiger partial charge in [0.25, 0.3) is 0 Å². The molecule has 17 heavy (non-hydrogen) atoms. The van der Waals surface area contributed by atoms with Crippen molar-refractivity contribution >= 4 is 5.91 Å². The molecule has 0 aromatic heterocycles. The van der Waals surface area contributed by atoms with Crippen LogP contribution in [0.4, 0.5) is 0 Å². The molecule has 0 heterocycles. The minimum Gasteiger partial charge on any atom is -0.391 e. The van der Waals surface area contributed by atoms with Crippen molar-refractivity contribution in [3.05, 3.63) is 0 Å². The lowest BCUT2D eigenvalue weighted by molar-refractivity contribution is -0.130. The second-order valence-corrected chi connectivity index (χ2v) is 5.64. The first-order valence-electron chi connectivity index (χ1n) is 6.25. The Kier molecular flexibility index (Phi) is 7.39. The first-order valence-corrected chi connectivity index (χ1v) is 6.25. The lowest BCUT2D eigenvalue weighted by Gasteiger charge is -2.25. The van der Waals surface area contributed by atoms with E-state index in [9.17, 15) is 9.90 Å². The zero-order chi connectivity index (χ0) is 13.5. The number of hydrogen-bond donors (Lipinski definition) is 2. The van der Waals surface area contributed by atoms with Crippen LogP contribution >= 0.6 is 0 Å². The molecule has 0 saturated heterocycles. The van der Waals surface area contributed by atoms with Gasteiger partial charge < -0.3 is 15.2 Å². The molecule has 2 N–H and O–H groups in total. The van der Waals surface area contributed by atoms with Crippen LogP contribution in [0.2, 0.25) is 0 Å². The van der Waals surface area contributed by atoms with Crippen molar-refractivity contribution < 1.29 is 14.6 Å². The second kappa shape index (κ2) is 7.67. The van der Waals surface area contributed by atoms with Gasteiger partial charge in [-0.1, -0.05) is 27.7 Å². The van der Waals surface area contributed by atoms with Crippen LogP contribution in [0.5, 0.6) is 0 Å². The van der Waals surface area contributed by atoms with E-state index in [1.165, 1.54) is 0 Å². The quantitative estimate of drug-likeness (QED) is 0.682. The minimum atomic E-state index is -0.506. The van der Waals surface area contributed by atoms with Crippen molar-refractivity contribution in [2.75, 3.05) is 20.3 Å². The van der Waals surface area contributed by atoms with Gasteiger partial charge in [0.1, 0.15) is 0 Å². The number of aliphatic hydroxyl groups is 1. The maximum Gasteiger partial charge on any atom is 0.225 e. The van der Waals surface area contributed by atoms with E-state index >= 15 is 0 Å². The van der Waals surface area contributed by atoms with Gasteiger partial charge in [-0.25, -0.2) is 0 Å². The summed E-state index contributed by atoms with van der Waals surface area (Å²) in [6.45, 7) is 8.92. The number of methoxy groups -OCH3 is 1. The van der Waals surface area contributed by atoms with E-state index < -0.39 is 6.10 Å². The molecule has 0 spiro atoms. The molecular formula is C13H27NO3. The summed E-state index contributed by atoms with van der Waals surface area (Å²) in [5.41, 5.74) is -0.347. The van der Waals surface area contributed by atoms with E-state index in [1.54, 1.807) is 7.11 Å². The van der Waals surface area contributed by atoms with Gasteiger partial charge in [0.15, 0.2) is 0 Å². The van der Waals surface area contributed by atoms with Gasteiger partial charge in [0.05, 0.1) is 12.7 Å². The van der Waals surface area contributed by atoms with Crippen LogP contribution in [-0.4, -0.2) is 37.4 Å². The number of carbonyl (C=O) groups excluding carboxylic acids is 1. The van der Waals surface area contributed by atoms with Gasteiger partial charge in [-0.15, -0.1) is 0 Å². The lowest BCUT2D eigenvalue weighted by atomic mass is 9.83. The minimum absolute atomic E-state index is 0.0517. The molecule has 0 aliphatic carbocycles. The highest BCUT2D eigenvalue weighted by Crippen LogP contribution is 2.25. The third-order valence-electron chi connectivity index (χ3n) is 2.66. The zero-order valence-corrected chi connectivity index (χ0v) is 11.7. The van der Waals surface area contributed by atoms with Crippen molar-refractivity contribution in [3.63, 3.8) is 0 Å². The number of nitrogens with one attached hydrogen (secondary N) is 1. The molecule has 0 fully saturated rings. The first-order chi connectivity index (χ1) is 7.79. The molecule has 0 saturated carbocycles. The van der Waals surface area contributed by atoms with E-state index in [-0.39, 0.29) is 11.3 Å². The maximum absolute atomic E-state index is 11.9. The van der Waals surface area contributed by atoms with Crippen molar-refractivity contribution in [3.8, 4) is 0 Å². The molecule has 0 bridgehead atoms. The molecule has 1 atom stereocenters. The van der Waals surface area contributed by atoms with Crippen LogP contribution in [0, 0.1) is 11.3 Å². The topological polar surface area (TPSA) is 58.6 Å². The molecule has 0 aromatic rings. The van der Waals surface area contributed by atoms with Gasteiger partial charge in [-0.2, -0.15) is 0 Å². The molecule has 0 aromatic carbocycles. The largest absolute Gasteiger partial charge is 0.391 e. The summed E-state index contributed by atoms with van der Waals surface area (Å²) in [5.74, 6) is 0.547. The highest BCUT2D eigenvalue weighted by atomic mass is 16.5. The standard InChI is InChI=1S/C13H27NO3/c1-10(2)8-13(3,4)12(16)14-7-6-11(15)9-17-5/h10-11,15H,6-9H2,1-5H3,(H,14,16). The molecule has 4 heteroatoms. The third-order valence-corrected chi connectivity index (χ3v) is 2.66. The van der Waals surface area contributed by atoms with E-state index in [0.717, 1.165) is 6.42 Å². The predicted octanol–water partition coefficient (Wildman–Crippen LogP) is 1.57. The molecule has 0 aliphatic rings. The van der Waals surface area contributed by atoms with E-state index in [1.807, 2.05) is 13.8 Å². The van der Waals surface area contributed by atoms with Crippen LogP contribution in [0.1, 0.15) is 40.5 Å². The Hall–Kier alpha value is -0.610. The highest BCUT2D eigenvalue weighted by molar-refractivity contribution is 5.81. The Bertz CT molecular complexity index is 227. The fourth-order valence-corrected chi connectivity index (χ4v) is 1.98. The number of amides is 1. The molecule has 0 rings (SSSR count). The van der Waals surface area contributed by atoms with E-state index in [2.05, 4.69) is 19.2 Å². The van der Waals surface area contributed by atoms with Crippen molar-refractivity contribution in [2.45, 2.75) is 46.6 Å². The Morgan fingerprint density at radius 2 is 2.00 bits per heavy atom. The van der Waals surface area contributed by atoms with E-state index in [4.69, 9.17) is 4.74 Å². The van der Waals surface area contributed by atoms with Gasteiger partial charge in [-0.3, -0.25) is 4.79 Å².